The van der Waals surface area contributed by atoms with Crippen molar-refractivity contribution < 1.29 is 32.3 Å². The lowest BCUT2D eigenvalue weighted by Crippen LogP contribution is -2.28. The first-order valence-corrected chi connectivity index (χ1v) is 10.2. The van der Waals surface area contributed by atoms with Gasteiger partial charge in [0.1, 0.15) is 0 Å². The lowest BCUT2D eigenvalue weighted by atomic mass is 10.1. The van der Waals surface area contributed by atoms with Gasteiger partial charge in [-0.15, -0.1) is 0 Å². The van der Waals surface area contributed by atoms with Crippen molar-refractivity contribution >= 4 is 23.5 Å². The van der Waals surface area contributed by atoms with Crippen molar-refractivity contribution in [2.45, 2.75) is 12.7 Å². The highest BCUT2D eigenvalue weighted by molar-refractivity contribution is 6.06. The van der Waals surface area contributed by atoms with E-state index in [0.29, 0.717) is 6.54 Å². The quantitative estimate of drug-likeness (QED) is 0.505. The molecule has 0 atom stereocenters. The van der Waals surface area contributed by atoms with Gasteiger partial charge in [0.05, 0.1) is 22.4 Å². The molecule has 176 valence electrons. The fourth-order valence-corrected chi connectivity index (χ4v) is 3.22. The van der Waals surface area contributed by atoms with E-state index < -0.39 is 41.8 Å². The van der Waals surface area contributed by atoms with Crippen LogP contribution in [0.3, 0.4) is 0 Å². The Morgan fingerprint density at radius 3 is 2.12 bits per heavy atom. The summed E-state index contributed by atoms with van der Waals surface area (Å²) >= 11 is 0. The molecule has 0 radical (unpaired) electrons. The van der Waals surface area contributed by atoms with Crippen LogP contribution in [0.15, 0.2) is 78.9 Å². The van der Waals surface area contributed by atoms with Crippen molar-refractivity contribution in [3.8, 4) is 0 Å². The monoisotopic (exact) mass is 470 g/mol. The number of hydrogen-bond acceptors (Lipinski definition) is 4. The van der Waals surface area contributed by atoms with Crippen molar-refractivity contribution in [2.75, 3.05) is 19.0 Å². The van der Waals surface area contributed by atoms with Crippen LogP contribution in [0.4, 0.5) is 18.9 Å². The predicted molar refractivity (Wildman–Crippen MR) is 119 cm³/mol. The van der Waals surface area contributed by atoms with Gasteiger partial charge in [-0.3, -0.25) is 9.59 Å². The molecule has 3 rings (SSSR count). The number of ether oxygens (including phenoxy) is 1. The average molecular weight is 470 g/mol. The molecular formula is C25H21F3N2O4. The van der Waals surface area contributed by atoms with E-state index in [0.717, 1.165) is 17.7 Å². The number of hydrogen-bond donors (Lipinski definition) is 1. The number of amides is 2. The third kappa shape index (κ3) is 6.22. The van der Waals surface area contributed by atoms with Gasteiger partial charge in [-0.2, -0.15) is 13.2 Å². The molecule has 1 N–H and O–H groups in total. The summed E-state index contributed by atoms with van der Waals surface area (Å²) in [7, 11) is 1.59. The lowest BCUT2D eigenvalue weighted by Gasteiger charge is -2.19. The first-order valence-electron chi connectivity index (χ1n) is 10.2. The number of carbonyl (C=O) groups is 3. The highest BCUT2D eigenvalue weighted by Gasteiger charge is 2.33. The van der Waals surface area contributed by atoms with Crippen molar-refractivity contribution in [1.82, 2.24) is 4.90 Å². The summed E-state index contributed by atoms with van der Waals surface area (Å²) in [4.78, 5) is 39.1. The highest BCUT2D eigenvalue weighted by Crippen LogP contribution is 2.34. The van der Waals surface area contributed by atoms with Crippen LogP contribution in [0.25, 0.3) is 0 Å². The number of para-hydroxylation sites is 1. The van der Waals surface area contributed by atoms with Gasteiger partial charge in [0.15, 0.2) is 6.61 Å². The van der Waals surface area contributed by atoms with E-state index in [2.05, 4.69) is 5.32 Å². The molecule has 34 heavy (non-hydrogen) atoms. The molecule has 0 unspecified atom stereocenters. The molecule has 0 saturated carbocycles. The molecule has 0 bridgehead atoms. The van der Waals surface area contributed by atoms with Gasteiger partial charge in [0.25, 0.3) is 11.8 Å². The lowest BCUT2D eigenvalue weighted by molar-refractivity contribution is -0.137. The van der Waals surface area contributed by atoms with Crippen LogP contribution < -0.4 is 5.32 Å². The average Bonchev–Trinajstić information content (AvgIpc) is 2.82. The second-order valence-corrected chi connectivity index (χ2v) is 7.36. The number of nitrogens with one attached hydrogen (secondary N) is 1. The third-order valence-electron chi connectivity index (χ3n) is 4.83. The molecule has 0 aromatic heterocycles. The van der Waals surface area contributed by atoms with Crippen molar-refractivity contribution in [2.24, 2.45) is 0 Å². The van der Waals surface area contributed by atoms with Gasteiger partial charge in [0.2, 0.25) is 0 Å². The standard InChI is InChI=1S/C25H21F3N2O4/c1-30(15-17-9-3-2-4-10-17)23(32)18-11-5-6-12-19(18)24(33)34-16-22(31)29-21-14-8-7-13-20(21)25(26,27)28/h2-14H,15-16H2,1H3,(H,29,31). The Hall–Kier alpha value is -4.14. The summed E-state index contributed by atoms with van der Waals surface area (Å²) in [5.41, 5.74) is -0.555. The van der Waals surface area contributed by atoms with Crippen LogP contribution in [0.1, 0.15) is 31.8 Å². The number of anilines is 1. The first kappa shape index (κ1) is 24.5. The Kier molecular flexibility index (Phi) is 7.68. The normalized spacial score (nSPS) is 10.9. The highest BCUT2D eigenvalue weighted by atomic mass is 19.4. The van der Waals surface area contributed by atoms with Crippen LogP contribution in [-0.4, -0.2) is 36.3 Å². The van der Waals surface area contributed by atoms with Gasteiger partial charge < -0.3 is 15.0 Å². The van der Waals surface area contributed by atoms with Crippen LogP contribution in [-0.2, 0) is 22.3 Å². The minimum absolute atomic E-state index is 0.0593. The Balaban J connectivity index is 1.66. The second-order valence-electron chi connectivity index (χ2n) is 7.36. The fraction of sp³-hybridized carbons (Fsp3) is 0.160. The zero-order valence-corrected chi connectivity index (χ0v) is 18.1. The molecule has 0 heterocycles. The summed E-state index contributed by atoms with van der Waals surface area (Å²) in [6.45, 7) is -0.516. The van der Waals surface area contributed by atoms with Crippen LogP contribution in [0.5, 0.6) is 0 Å². The molecule has 2 amide bonds. The number of alkyl halides is 3. The topological polar surface area (TPSA) is 75.7 Å². The van der Waals surface area contributed by atoms with Gasteiger partial charge in [-0.05, 0) is 29.8 Å². The minimum Gasteiger partial charge on any atom is -0.452 e. The van der Waals surface area contributed by atoms with E-state index in [-0.39, 0.29) is 11.1 Å². The molecular weight excluding hydrogens is 449 g/mol. The first-order chi connectivity index (χ1) is 16.2. The molecule has 3 aromatic rings. The maximum absolute atomic E-state index is 13.1. The van der Waals surface area contributed by atoms with Gasteiger partial charge in [0, 0.05) is 13.6 Å². The van der Waals surface area contributed by atoms with Gasteiger partial charge in [-0.25, -0.2) is 4.79 Å². The van der Waals surface area contributed by atoms with E-state index >= 15 is 0 Å². The minimum atomic E-state index is -4.66. The Labute approximate surface area is 194 Å². The summed E-state index contributed by atoms with van der Waals surface area (Å²) in [5.74, 6) is -2.33. The van der Waals surface area contributed by atoms with E-state index in [4.69, 9.17) is 4.74 Å². The molecule has 0 aliphatic rings. The Bertz CT molecular complexity index is 1180. The van der Waals surface area contributed by atoms with Crippen LogP contribution in [0, 0.1) is 0 Å². The Morgan fingerprint density at radius 1 is 0.853 bits per heavy atom. The van der Waals surface area contributed by atoms with Gasteiger partial charge in [-0.1, -0.05) is 54.6 Å². The van der Waals surface area contributed by atoms with Crippen LogP contribution >= 0.6 is 0 Å². The molecule has 0 fully saturated rings. The molecule has 0 spiro atoms. The molecule has 0 aliphatic carbocycles. The zero-order chi connectivity index (χ0) is 24.7. The number of nitrogens with zero attached hydrogens (tertiary/aromatic N) is 1. The number of rotatable bonds is 7. The maximum Gasteiger partial charge on any atom is 0.418 e. The summed E-state index contributed by atoms with van der Waals surface area (Å²) in [6.07, 6.45) is -4.66. The van der Waals surface area contributed by atoms with Crippen molar-refractivity contribution in [3.05, 3.63) is 101 Å². The van der Waals surface area contributed by atoms with Crippen LogP contribution in [0.2, 0.25) is 0 Å². The summed E-state index contributed by atoms with van der Waals surface area (Å²) in [6, 6.07) is 19.7. The molecule has 0 aliphatic heterocycles. The zero-order valence-electron chi connectivity index (χ0n) is 18.1. The third-order valence-corrected chi connectivity index (χ3v) is 4.83. The molecule has 3 aromatic carbocycles. The smallest absolute Gasteiger partial charge is 0.418 e. The van der Waals surface area contributed by atoms with E-state index in [1.807, 2.05) is 30.3 Å². The van der Waals surface area contributed by atoms with E-state index in [9.17, 15) is 27.6 Å². The number of halogens is 3. The molecule has 0 saturated heterocycles. The number of carbonyl (C=O) groups excluding carboxylic acids is 3. The Morgan fingerprint density at radius 2 is 1.44 bits per heavy atom. The largest absolute Gasteiger partial charge is 0.452 e. The van der Waals surface area contributed by atoms with Crippen molar-refractivity contribution in [1.29, 1.82) is 0 Å². The SMILES string of the molecule is CN(Cc1ccccc1)C(=O)c1ccccc1C(=O)OCC(=O)Nc1ccccc1C(F)(F)F. The summed E-state index contributed by atoms with van der Waals surface area (Å²) in [5, 5.41) is 2.10. The van der Waals surface area contributed by atoms with E-state index in [1.54, 1.807) is 13.1 Å². The molecule has 9 heteroatoms. The number of benzene rings is 3. The maximum atomic E-state index is 13.1. The fourth-order valence-electron chi connectivity index (χ4n) is 3.22. The molecule has 6 nitrogen and oxygen atoms in total. The second kappa shape index (κ2) is 10.7. The number of esters is 1. The van der Waals surface area contributed by atoms with Gasteiger partial charge >= 0.3 is 12.1 Å². The van der Waals surface area contributed by atoms with E-state index in [1.165, 1.54) is 35.2 Å². The summed E-state index contributed by atoms with van der Waals surface area (Å²) < 4.78 is 44.2. The predicted octanol–water partition coefficient (Wildman–Crippen LogP) is 4.77. The van der Waals surface area contributed by atoms with Crippen molar-refractivity contribution in [3.63, 3.8) is 0 Å².